The second kappa shape index (κ2) is 5.02. The van der Waals surface area contributed by atoms with Crippen LogP contribution in [0.15, 0.2) is 47.7 Å². The SMILES string of the molecule is Cc1cc2c(cc1C)C(=O)[C@]1(O)CCN(c3ccn4nccc4c3)C1=N2. The number of aromatic nitrogens is 2. The van der Waals surface area contributed by atoms with Crippen LogP contribution in [0.5, 0.6) is 0 Å². The zero-order chi connectivity index (χ0) is 18.1. The summed E-state index contributed by atoms with van der Waals surface area (Å²) in [4.78, 5) is 19.7. The van der Waals surface area contributed by atoms with Gasteiger partial charge in [0.05, 0.1) is 11.2 Å². The van der Waals surface area contributed by atoms with Crippen LogP contribution in [0.2, 0.25) is 0 Å². The molecule has 130 valence electrons. The molecular weight excluding hydrogens is 328 g/mol. The minimum Gasteiger partial charge on any atom is -0.374 e. The lowest BCUT2D eigenvalue weighted by molar-refractivity contribution is 0.0602. The number of ketones is 1. The number of aliphatic hydroxyl groups is 1. The third-order valence-corrected chi connectivity index (χ3v) is 5.48. The highest BCUT2D eigenvalue weighted by Crippen LogP contribution is 2.40. The van der Waals surface area contributed by atoms with E-state index >= 15 is 0 Å². The number of Topliss-reactive ketones (excluding diaryl/α,β-unsaturated/α-hetero) is 1. The quantitative estimate of drug-likeness (QED) is 0.735. The zero-order valence-electron chi connectivity index (χ0n) is 14.6. The Hall–Kier alpha value is -2.99. The second-order valence-electron chi connectivity index (χ2n) is 7.07. The molecular formula is C20H18N4O2. The van der Waals surface area contributed by atoms with E-state index in [0.717, 1.165) is 22.3 Å². The van der Waals surface area contributed by atoms with Crippen molar-refractivity contribution in [2.24, 2.45) is 4.99 Å². The summed E-state index contributed by atoms with van der Waals surface area (Å²) >= 11 is 0. The summed E-state index contributed by atoms with van der Waals surface area (Å²) in [6.07, 6.45) is 3.94. The standard InChI is InChI=1S/C20H18N4O2/c1-12-9-16-17(10-13(12)2)22-19-20(26,18(16)25)5-8-23(19)14-4-7-24-15(11-14)3-6-21-24/h3-4,6-7,9-11,26H,5,8H2,1-2H3/t20-/m1/s1. The molecule has 2 aliphatic rings. The Morgan fingerprint density at radius 3 is 2.81 bits per heavy atom. The first-order valence-electron chi connectivity index (χ1n) is 8.66. The van der Waals surface area contributed by atoms with Crippen molar-refractivity contribution in [2.45, 2.75) is 25.9 Å². The topological polar surface area (TPSA) is 70.2 Å². The third kappa shape index (κ3) is 1.93. The molecule has 0 aliphatic carbocycles. The van der Waals surface area contributed by atoms with Gasteiger partial charge in [0.1, 0.15) is 5.84 Å². The molecule has 3 aromatic rings. The molecule has 5 rings (SSSR count). The predicted molar refractivity (Wildman–Crippen MR) is 99.4 cm³/mol. The highest BCUT2D eigenvalue weighted by molar-refractivity contribution is 6.28. The monoisotopic (exact) mass is 346 g/mol. The molecule has 0 unspecified atom stereocenters. The summed E-state index contributed by atoms with van der Waals surface area (Å²) in [6.45, 7) is 4.51. The fourth-order valence-corrected chi connectivity index (χ4v) is 3.82. The molecule has 26 heavy (non-hydrogen) atoms. The molecule has 6 nitrogen and oxygen atoms in total. The van der Waals surface area contributed by atoms with Gasteiger partial charge in [-0.15, -0.1) is 0 Å². The van der Waals surface area contributed by atoms with E-state index in [1.165, 1.54) is 0 Å². The number of fused-ring (bicyclic) bond motifs is 3. The van der Waals surface area contributed by atoms with Crippen LogP contribution in [0.25, 0.3) is 5.52 Å². The maximum absolute atomic E-state index is 13.1. The summed E-state index contributed by atoms with van der Waals surface area (Å²) in [5.41, 5.74) is 3.54. The van der Waals surface area contributed by atoms with Crippen LogP contribution in [0.3, 0.4) is 0 Å². The number of amidine groups is 1. The molecule has 0 amide bonds. The Bertz CT molecular complexity index is 1110. The lowest BCUT2D eigenvalue weighted by Crippen LogP contribution is -2.48. The molecule has 1 N–H and O–H groups in total. The van der Waals surface area contributed by atoms with Crippen LogP contribution in [0.1, 0.15) is 27.9 Å². The first-order valence-corrected chi connectivity index (χ1v) is 8.66. The molecule has 0 bridgehead atoms. The molecule has 0 saturated carbocycles. The van der Waals surface area contributed by atoms with Crippen molar-refractivity contribution >= 4 is 28.5 Å². The smallest absolute Gasteiger partial charge is 0.204 e. The summed E-state index contributed by atoms with van der Waals surface area (Å²) in [6, 6.07) is 9.59. The van der Waals surface area contributed by atoms with Gasteiger partial charge in [-0.05, 0) is 55.3 Å². The molecule has 1 atom stereocenters. The molecule has 2 aliphatic heterocycles. The van der Waals surface area contributed by atoms with E-state index in [2.05, 4.69) is 5.10 Å². The van der Waals surface area contributed by atoms with E-state index in [1.807, 2.05) is 55.3 Å². The maximum atomic E-state index is 13.1. The van der Waals surface area contributed by atoms with Gasteiger partial charge in [0.15, 0.2) is 5.60 Å². The Morgan fingerprint density at radius 1 is 1.15 bits per heavy atom. The number of nitrogens with zero attached hydrogens (tertiary/aromatic N) is 4. The number of aryl methyl sites for hydroxylation is 2. The van der Waals surface area contributed by atoms with Crippen LogP contribution >= 0.6 is 0 Å². The molecule has 1 fully saturated rings. The van der Waals surface area contributed by atoms with Gasteiger partial charge < -0.3 is 10.0 Å². The lowest BCUT2D eigenvalue weighted by atomic mass is 9.86. The van der Waals surface area contributed by atoms with Crippen LogP contribution in [0, 0.1) is 13.8 Å². The molecule has 2 aromatic heterocycles. The van der Waals surface area contributed by atoms with Crippen molar-refractivity contribution in [2.75, 3.05) is 11.4 Å². The summed E-state index contributed by atoms with van der Waals surface area (Å²) in [5, 5.41) is 15.4. The molecule has 1 saturated heterocycles. The fraction of sp³-hybridized carbons (Fsp3) is 0.250. The largest absolute Gasteiger partial charge is 0.374 e. The number of rotatable bonds is 1. The van der Waals surface area contributed by atoms with Crippen molar-refractivity contribution in [3.63, 3.8) is 0 Å². The number of hydrogen-bond donors (Lipinski definition) is 1. The fourth-order valence-electron chi connectivity index (χ4n) is 3.82. The Balaban J connectivity index is 1.67. The van der Waals surface area contributed by atoms with Crippen molar-refractivity contribution in [3.8, 4) is 0 Å². The average molecular weight is 346 g/mol. The van der Waals surface area contributed by atoms with E-state index < -0.39 is 5.60 Å². The zero-order valence-corrected chi connectivity index (χ0v) is 14.6. The Kier molecular flexibility index (Phi) is 2.95. The summed E-state index contributed by atoms with van der Waals surface area (Å²) in [5.74, 6) is 0.163. The van der Waals surface area contributed by atoms with E-state index in [4.69, 9.17) is 4.99 Å². The molecule has 0 spiro atoms. The molecule has 1 aromatic carbocycles. The maximum Gasteiger partial charge on any atom is 0.204 e. The van der Waals surface area contributed by atoms with Crippen LogP contribution in [0.4, 0.5) is 11.4 Å². The van der Waals surface area contributed by atoms with Crippen molar-refractivity contribution in [3.05, 3.63) is 59.4 Å². The number of aliphatic imine (C=N–C) groups is 1. The van der Waals surface area contributed by atoms with Crippen LogP contribution in [-0.2, 0) is 0 Å². The van der Waals surface area contributed by atoms with Gasteiger partial charge >= 0.3 is 0 Å². The number of hydrogen-bond acceptors (Lipinski definition) is 5. The lowest BCUT2D eigenvalue weighted by Gasteiger charge is -2.30. The molecule has 4 heterocycles. The number of pyridine rings is 1. The second-order valence-corrected chi connectivity index (χ2v) is 7.07. The number of carbonyl (C=O) groups excluding carboxylic acids is 1. The van der Waals surface area contributed by atoms with Gasteiger partial charge in [-0.25, -0.2) is 9.51 Å². The van der Waals surface area contributed by atoms with E-state index in [-0.39, 0.29) is 5.78 Å². The van der Waals surface area contributed by atoms with Crippen LogP contribution in [-0.4, -0.2) is 38.5 Å². The van der Waals surface area contributed by atoms with Crippen molar-refractivity contribution < 1.29 is 9.90 Å². The normalized spacial score (nSPS) is 21.7. The van der Waals surface area contributed by atoms with Gasteiger partial charge in [0.2, 0.25) is 5.78 Å². The van der Waals surface area contributed by atoms with Gasteiger partial charge in [0.25, 0.3) is 0 Å². The van der Waals surface area contributed by atoms with Gasteiger partial charge in [-0.2, -0.15) is 5.10 Å². The minimum atomic E-state index is -1.55. The van der Waals surface area contributed by atoms with Gasteiger partial charge in [-0.1, -0.05) is 0 Å². The van der Waals surface area contributed by atoms with E-state index in [9.17, 15) is 9.90 Å². The number of anilines is 1. The first-order chi connectivity index (χ1) is 12.5. The van der Waals surface area contributed by atoms with Crippen molar-refractivity contribution in [1.82, 2.24) is 9.61 Å². The molecule has 0 radical (unpaired) electrons. The van der Waals surface area contributed by atoms with E-state index in [0.29, 0.717) is 30.1 Å². The average Bonchev–Trinajstić information content (AvgIpc) is 3.22. The van der Waals surface area contributed by atoms with E-state index in [1.54, 1.807) is 10.7 Å². The van der Waals surface area contributed by atoms with Gasteiger partial charge in [0, 0.05) is 36.6 Å². The summed E-state index contributed by atoms with van der Waals surface area (Å²) in [7, 11) is 0. The first kappa shape index (κ1) is 15.3. The van der Waals surface area contributed by atoms with Crippen molar-refractivity contribution in [1.29, 1.82) is 0 Å². The highest BCUT2D eigenvalue weighted by Gasteiger charge is 2.52. The van der Waals surface area contributed by atoms with Crippen LogP contribution < -0.4 is 4.90 Å². The highest BCUT2D eigenvalue weighted by atomic mass is 16.3. The Morgan fingerprint density at radius 2 is 1.96 bits per heavy atom. The Labute approximate surface area is 150 Å². The minimum absolute atomic E-state index is 0.256. The van der Waals surface area contributed by atoms with Gasteiger partial charge in [-0.3, -0.25) is 4.79 Å². The number of carbonyl (C=O) groups is 1. The predicted octanol–water partition coefficient (Wildman–Crippen LogP) is 2.82. The third-order valence-electron chi connectivity index (χ3n) is 5.48. The number of benzene rings is 1. The molecule has 6 heteroatoms. The summed E-state index contributed by atoms with van der Waals surface area (Å²) < 4.78 is 1.78.